The Hall–Kier alpha value is -1.85. The fourth-order valence-electron chi connectivity index (χ4n) is 2.76. The Bertz CT molecular complexity index is 591. The summed E-state index contributed by atoms with van der Waals surface area (Å²) in [5.74, 6) is 1.19. The van der Waals surface area contributed by atoms with E-state index < -0.39 is 0 Å². The van der Waals surface area contributed by atoms with E-state index >= 15 is 0 Å². The zero-order valence-corrected chi connectivity index (χ0v) is 12.2. The highest BCUT2D eigenvalue weighted by atomic mass is 16.5. The van der Waals surface area contributed by atoms with Gasteiger partial charge >= 0.3 is 0 Å². The Balaban J connectivity index is 1.95. The van der Waals surface area contributed by atoms with Crippen molar-refractivity contribution >= 4 is 0 Å². The number of hydrogen-bond acceptors (Lipinski definition) is 4. The van der Waals surface area contributed by atoms with E-state index in [1.54, 1.807) is 6.33 Å². The van der Waals surface area contributed by atoms with Gasteiger partial charge in [0.1, 0.15) is 5.75 Å². The lowest BCUT2D eigenvalue weighted by atomic mass is 9.97. The first kappa shape index (κ1) is 14.1. The second-order valence-electron chi connectivity index (χ2n) is 5.24. The first-order valence-corrected chi connectivity index (χ1v) is 7.39. The highest BCUT2D eigenvalue weighted by molar-refractivity contribution is 5.47. The van der Waals surface area contributed by atoms with E-state index in [0.717, 1.165) is 36.8 Å². The van der Waals surface area contributed by atoms with Crippen molar-refractivity contribution in [3.05, 3.63) is 42.5 Å². The number of hydrogen-bond donors (Lipinski definition) is 1. The molecule has 2 unspecified atom stereocenters. The van der Waals surface area contributed by atoms with E-state index in [1.165, 1.54) is 0 Å². The molecule has 0 bridgehead atoms. The molecule has 1 aromatic carbocycles. The molecule has 1 aromatic heterocycles. The Morgan fingerprint density at radius 2 is 2.33 bits per heavy atom. The van der Waals surface area contributed by atoms with E-state index in [-0.39, 0.29) is 6.04 Å². The molecule has 1 aliphatic rings. The number of nitrogens with zero attached hydrogens (tertiary/aromatic N) is 2. The molecule has 2 aromatic rings. The molecule has 21 heavy (non-hydrogen) atoms. The lowest BCUT2D eigenvalue weighted by Crippen LogP contribution is -2.24. The van der Waals surface area contributed by atoms with E-state index in [2.05, 4.69) is 4.98 Å². The normalized spacial score (nSPS) is 19.6. The van der Waals surface area contributed by atoms with Gasteiger partial charge in [-0.25, -0.2) is 4.98 Å². The molecule has 0 saturated carbocycles. The summed E-state index contributed by atoms with van der Waals surface area (Å²) in [6, 6.07) is 7.87. The summed E-state index contributed by atoms with van der Waals surface area (Å²) in [6.07, 6.45) is 4.63. The van der Waals surface area contributed by atoms with Crippen LogP contribution in [0.5, 0.6) is 5.75 Å². The van der Waals surface area contributed by atoms with Crippen LogP contribution in [0.4, 0.5) is 0 Å². The van der Waals surface area contributed by atoms with Crippen molar-refractivity contribution in [2.45, 2.75) is 19.4 Å². The molecule has 0 radical (unpaired) electrons. The van der Waals surface area contributed by atoms with E-state index in [0.29, 0.717) is 12.5 Å². The SMILES string of the molecule is CCOc1ccccc1-n1cncc1C(N)C1CCOC1. The molecule has 1 fully saturated rings. The molecular weight excluding hydrogens is 266 g/mol. The predicted molar refractivity (Wildman–Crippen MR) is 80.6 cm³/mol. The van der Waals surface area contributed by atoms with Crippen LogP contribution in [-0.2, 0) is 4.74 Å². The van der Waals surface area contributed by atoms with Crippen molar-refractivity contribution in [1.29, 1.82) is 0 Å². The molecule has 0 amide bonds. The molecule has 0 aliphatic carbocycles. The molecule has 1 aliphatic heterocycles. The maximum absolute atomic E-state index is 6.43. The minimum Gasteiger partial charge on any atom is -0.492 e. The Morgan fingerprint density at radius 1 is 1.48 bits per heavy atom. The Morgan fingerprint density at radius 3 is 3.10 bits per heavy atom. The summed E-state index contributed by atoms with van der Waals surface area (Å²) in [7, 11) is 0. The third kappa shape index (κ3) is 2.80. The van der Waals surface area contributed by atoms with Gasteiger partial charge in [0.15, 0.2) is 0 Å². The molecule has 112 valence electrons. The average molecular weight is 287 g/mol. The van der Waals surface area contributed by atoms with Crippen molar-refractivity contribution in [1.82, 2.24) is 9.55 Å². The van der Waals surface area contributed by atoms with Crippen LogP contribution in [-0.4, -0.2) is 29.4 Å². The summed E-state index contributed by atoms with van der Waals surface area (Å²) in [4.78, 5) is 4.28. The molecule has 2 heterocycles. The van der Waals surface area contributed by atoms with Gasteiger partial charge in [0, 0.05) is 12.5 Å². The predicted octanol–water partition coefficient (Wildman–Crippen LogP) is 2.31. The van der Waals surface area contributed by atoms with Gasteiger partial charge in [-0.3, -0.25) is 4.57 Å². The molecule has 5 nitrogen and oxygen atoms in total. The number of rotatable bonds is 5. The molecule has 2 atom stereocenters. The largest absolute Gasteiger partial charge is 0.492 e. The number of ether oxygens (including phenoxy) is 2. The average Bonchev–Trinajstić information content (AvgIpc) is 3.19. The Labute approximate surface area is 124 Å². The zero-order valence-electron chi connectivity index (χ0n) is 12.2. The topological polar surface area (TPSA) is 62.3 Å². The third-order valence-electron chi connectivity index (χ3n) is 3.91. The monoisotopic (exact) mass is 287 g/mol. The van der Waals surface area contributed by atoms with Crippen LogP contribution >= 0.6 is 0 Å². The number of benzene rings is 1. The highest BCUT2D eigenvalue weighted by Gasteiger charge is 2.27. The molecule has 0 spiro atoms. The zero-order chi connectivity index (χ0) is 14.7. The van der Waals surface area contributed by atoms with Gasteiger partial charge < -0.3 is 15.2 Å². The van der Waals surface area contributed by atoms with Crippen LogP contribution < -0.4 is 10.5 Å². The van der Waals surface area contributed by atoms with Gasteiger partial charge in [-0.15, -0.1) is 0 Å². The summed E-state index contributed by atoms with van der Waals surface area (Å²) in [5, 5.41) is 0. The quantitative estimate of drug-likeness (QED) is 0.916. The van der Waals surface area contributed by atoms with Crippen LogP contribution in [0.3, 0.4) is 0 Å². The van der Waals surface area contributed by atoms with Crippen molar-refractivity contribution in [2.24, 2.45) is 11.7 Å². The van der Waals surface area contributed by atoms with Crippen LogP contribution in [0.2, 0.25) is 0 Å². The van der Waals surface area contributed by atoms with Crippen molar-refractivity contribution in [3.63, 3.8) is 0 Å². The minimum atomic E-state index is -0.0790. The maximum Gasteiger partial charge on any atom is 0.143 e. The van der Waals surface area contributed by atoms with Gasteiger partial charge in [0.2, 0.25) is 0 Å². The molecule has 3 rings (SSSR count). The lowest BCUT2D eigenvalue weighted by molar-refractivity contribution is 0.180. The summed E-state index contributed by atoms with van der Waals surface area (Å²) < 4.78 is 13.2. The summed E-state index contributed by atoms with van der Waals surface area (Å²) in [5.41, 5.74) is 8.40. The molecule has 1 saturated heterocycles. The highest BCUT2D eigenvalue weighted by Crippen LogP contribution is 2.30. The van der Waals surface area contributed by atoms with Crippen molar-refractivity contribution in [3.8, 4) is 11.4 Å². The smallest absolute Gasteiger partial charge is 0.143 e. The second kappa shape index (κ2) is 6.28. The van der Waals surface area contributed by atoms with Gasteiger partial charge in [-0.2, -0.15) is 0 Å². The van der Waals surface area contributed by atoms with Crippen molar-refractivity contribution < 1.29 is 9.47 Å². The second-order valence-corrected chi connectivity index (χ2v) is 5.24. The van der Waals surface area contributed by atoms with Gasteiger partial charge in [0.25, 0.3) is 0 Å². The first-order valence-electron chi connectivity index (χ1n) is 7.39. The van der Waals surface area contributed by atoms with Gasteiger partial charge in [-0.1, -0.05) is 12.1 Å². The van der Waals surface area contributed by atoms with Crippen molar-refractivity contribution in [2.75, 3.05) is 19.8 Å². The van der Waals surface area contributed by atoms with E-state index in [4.69, 9.17) is 15.2 Å². The standard InChI is InChI=1S/C16H21N3O2/c1-2-21-15-6-4-3-5-13(15)19-11-18-9-14(19)16(17)12-7-8-20-10-12/h3-6,9,11-12,16H,2,7-8,10,17H2,1H3. The Kier molecular flexibility index (Phi) is 4.22. The van der Waals surface area contributed by atoms with Crippen LogP contribution in [0, 0.1) is 5.92 Å². The molecule has 5 heteroatoms. The first-order chi connectivity index (χ1) is 10.3. The fourth-order valence-corrected chi connectivity index (χ4v) is 2.76. The molecular formula is C16H21N3O2. The van der Waals surface area contributed by atoms with Gasteiger partial charge in [-0.05, 0) is 25.5 Å². The summed E-state index contributed by atoms with van der Waals surface area (Å²) >= 11 is 0. The summed E-state index contributed by atoms with van der Waals surface area (Å²) in [6.45, 7) is 4.12. The van der Waals surface area contributed by atoms with Crippen LogP contribution in [0.1, 0.15) is 25.1 Å². The van der Waals surface area contributed by atoms with E-state index in [9.17, 15) is 0 Å². The fraction of sp³-hybridized carbons (Fsp3) is 0.438. The van der Waals surface area contributed by atoms with E-state index in [1.807, 2.05) is 42.0 Å². The molecule has 2 N–H and O–H groups in total. The maximum atomic E-state index is 6.43. The number of nitrogens with two attached hydrogens (primary N) is 1. The third-order valence-corrected chi connectivity index (χ3v) is 3.91. The minimum absolute atomic E-state index is 0.0790. The number of aromatic nitrogens is 2. The number of imidazole rings is 1. The van der Waals surface area contributed by atoms with Crippen LogP contribution in [0.25, 0.3) is 5.69 Å². The van der Waals surface area contributed by atoms with Crippen LogP contribution in [0.15, 0.2) is 36.8 Å². The number of para-hydroxylation sites is 2. The van der Waals surface area contributed by atoms with Gasteiger partial charge in [0.05, 0.1) is 43.2 Å². The lowest BCUT2D eigenvalue weighted by Gasteiger charge is -2.20.